The van der Waals surface area contributed by atoms with Gasteiger partial charge in [-0.3, -0.25) is 9.59 Å². The first-order valence-corrected chi connectivity index (χ1v) is 7.51. The van der Waals surface area contributed by atoms with Gasteiger partial charge in [-0.2, -0.15) is 0 Å². The van der Waals surface area contributed by atoms with Crippen molar-refractivity contribution < 1.29 is 18.4 Å². The van der Waals surface area contributed by atoms with Crippen molar-refractivity contribution in [3.63, 3.8) is 0 Å². The molecule has 0 unspecified atom stereocenters. The number of carbonyl (C=O) groups excluding carboxylic acids is 2. The van der Waals surface area contributed by atoms with Crippen LogP contribution < -0.4 is 10.6 Å². The third-order valence-corrected chi connectivity index (χ3v) is 3.41. The zero-order valence-corrected chi connectivity index (χ0v) is 13.2. The van der Waals surface area contributed by atoms with Crippen molar-refractivity contribution in [2.45, 2.75) is 26.3 Å². The quantitative estimate of drug-likeness (QED) is 0.854. The van der Waals surface area contributed by atoms with E-state index in [9.17, 15) is 18.4 Å². The molecule has 0 spiro atoms. The Morgan fingerprint density at radius 2 is 1.75 bits per heavy atom. The molecule has 0 atom stereocenters. The largest absolute Gasteiger partial charge is 0.352 e. The molecule has 2 rings (SSSR count). The summed E-state index contributed by atoms with van der Waals surface area (Å²) in [6.45, 7) is 1.86. The molecule has 4 nitrogen and oxygen atoms in total. The average molecular weight is 332 g/mol. The van der Waals surface area contributed by atoms with Crippen LogP contribution in [0, 0.1) is 11.6 Å². The molecule has 0 fully saturated rings. The Morgan fingerprint density at radius 1 is 1.04 bits per heavy atom. The topological polar surface area (TPSA) is 58.2 Å². The summed E-state index contributed by atoms with van der Waals surface area (Å²) in [5.74, 6) is -1.45. The van der Waals surface area contributed by atoms with E-state index in [-0.39, 0.29) is 30.2 Å². The van der Waals surface area contributed by atoms with Gasteiger partial charge >= 0.3 is 0 Å². The van der Waals surface area contributed by atoms with Crippen LogP contribution in [0.3, 0.4) is 0 Å². The van der Waals surface area contributed by atoms with Gasteiger partial charge in [0.1, 0.15) is 11.6 Å². The summed E-state index contributed by atoms with van der Waals surface area (Å²) >= 11 is 0. The standard InChI is InChI=1S/C18H18F2N2O2/c1-12(23)21-11-13-2-6-16(7-3-13)22-18(24)9-4-14-10-15(19)5-8-17(14)20/h2-3,5-8,10H,4,9,11H2,1H3,(H,21,23)(H,22,24). The van der Waals surface area contributed by atoms with Crippen molar-refractivity contribution >= 4 is 17.5 Å². The second-order valence-corrected chi connectivity index (χ2v) is 5.39. The summed E-state index contributed by atoms with van der Waals surface area (Å²) in [4.78, 5) is 22.7. The summed E-state index contributed by atoms with van der Waals surface area (Å²) in [7, 11) is 0. The maximum Gasteiger partial charge on any atom is 0.224 e. The molecule has 0 aliphatic rings. The van der Waals surface area contributed by atoms with Crippen LogP contribution in [0.15, 0.2) is 42.5 Å². The third-order valence-electron chi connectivity index (χ3n) is 3.41. The van der Waals surface area contributed by atoms with Gasteiger partial charge in [-0.1, -0.05) is 12.1 Å². The Hall–Kier alpha value is -2.76. The number of amides is 2. The lowest BCUT2D eigenvalue weighted by molar-refractivity contribution is -0.119. The molecule has 2 N–H and O–H groups in total. The molecule has 0 radical (unpaired) electrons. The number of rotatable bonds is 6. The average Bonchev–Trinajstić information content (AvgIpc) is 2.55. The molecule has 0 aliphatic carbocycles. The highest BCUT2D eigenvalue weighted by Crippen LogP contribution is 2.14. The predicted molar refractivity (Wildman–Crippen MR) is 87.3 cm³/mol. The highest BCUT2D eigenvalue weighted by Gasteiger charge is 2.08. The lowest BCUT2D eigenvalue weighted by Gasteiger charge is -2.08. The maximum atomic E-state index is 13.5. The van der Waals surface area contributed by atoms with Gasteiger partial charge in [0.15, 0.2) is 0 Å². The second-order valence-electron chi connectivity index (χ2n) is 5.39. The van der Waals surface area contributed by atoms with Crippen LogP contribution in [0.2, 0.25) is 0 Å². The maximum absolute atomic E-state index is 13.5. The molecule has 24 heavy (non-hydrogen) atoms. The van der Waals surface area contributed by atoms with E-state index < -0.39 is 11.6 Å². The minimum absolute atomic E-state index is 0.0496. The molecule has 0 heterocycles. The Labute approximate surface area is 138 Å². The number of carbonyl (C=O) groups is 2. The summed E-state index contributed by atoms with van der Waals surface area (Å²) in [6.07, 6.45) is 0.171. The zero-order chi connectivity index (χ0) is 17.5. The number of hydrogen-bond acceptors (Lipinski definition) is 2. The molecular weight excluding hydrogens is 314 g/mol. The summed E-state index contributed by atoms with van der Waals surface area (Å²) in [5, 5.41) is 5.37. The van der Waals surface area contributed by atoms with Gasteiger partial charge in [-0.05, 0) is 47.9 Å². The van der Waals surface area contributed by atoms with Crippen molar-refractivity contribution in [1.29, 1.82) is 0 Å². The van der Waals surface area contributed by atoms with Crippen molar-refractivity contribution in [1.82, 2.24) is 5.32 Å². The molecule has 0 bridgehead atoms. The first-order valence-electron chi connectivity index (χ1n) is 7.51. The van der Waals surface area contributed by atoms with Crippen LogP contribution in [0.4, 0.5) is 14.5 Å². The van der Waals surface area contributed by atoms with Crippen molar-refractivity contribution in [3.05, 3.63) is 65.2 Å². The summed E-state index contributed by atoms with van der Waals surface area (Å²) in [5.41, 5.74) is 1.69. The minimum atomic E-state index is -0.526. The zero-order valence-electron chi connectivity index (χ0n) is 13.2. The minimum Gasteiger partial charge on any atom is -0.352 e. The van der Waals surface area contributed by atoms with Crippen molar-refractivity contribution in [2.24, 2.45) is 0 Å². The molecule has 2 aromatic rings. The number of benzene rings is 2. The van der Waals surface area contributed by atoms with E-state index in [1.54, 1.807) is 24.3 Å². The number of anilines is 1. The van der Waals surface area contributed by atoms with E-state index in [1.807, 2.05) is 0 Å². The van der Waals surface area contributed by atoms with Gasteiger partial charge < -0.3 is 10.6 Å². The number of aryl methyl sites for hydroxylation is 1. The van der Waals surface area contributed by atoms with E-state index >= 15 is 0 Å². The van der Waals surface area contributed by atoms with Crippen LogP contribution in [-0.2, 0) is 22.6 Å². The first kappa shape index (κ1) is 17.6. The third kappa shape index (κ3) is 5.46. The van der Waals surface area contributed by atoms with Gasteiger partial charge in [0.25, 0.3) is 0 Å². The first-order chi connectivity index (χ1) is 11.4. The molecule has 6 heteroatoms. The van der Waals surface area contributed by atoms with E-state index in [4.69, 9.17) is 0 Å². The monoisotopic (exact) mass is 332 g/mol. The van der Waals surface area contributed by atoms with E-state index in [0.717, 1.165) is 23.8 Å². The SMILES string of the molecule is CC(=O)NCc1ccc(NC(=O)CCc2cc(F)ccc2F)cc1. The van der Waals surface area contributed by atoms with E-state index in [2.05, 4.69) is 10.6 Å². The van der Waals surface area contributed by atoms with Gasteiger partial charge in [0.2, 0.25) is 11.8 Å². The van der Waals surface area contributed by atoms with Gasteiger partial charge in [-0.25, -0.2) is 8.78 Å². The molecule has 0 aliphatic heterocycles. The van der Waals surface area contributed by atoms with E-state index in [1.165, 1.54) is 6.92 Å². The van der Waals surface area contributed by atoms with Crippen molar-refractivity contribution in [2.75, 3.05) is 5.32 Å². The Kier molecular flexibility index (Phi) is 6.01. The smallest absolute Gasteiger partial charge is 0.224 e. The Bertz CT molecular complexity index is 730. The molecule has 0 aromatic heterocycles. The highest BCUT2D eigenvalue weighted by atomic mass is 19.1. The number of hydrogen-bond donors (Lipinski definition) is 2. The van der Waals surface area contributed by atoms with Crippen LogP contribution in [0.25, 0.3) is 0 Å². The van der Waals surface area contributed by atoms with Gasteiger partial charge in [-0.15, -0.1) is 0 Å². The fraction of sp³-hybridized carbons (Fsp3) is 0.222. The Morgan fingerprint density at radius 3 is 2.42 bits per heavy atom. The number of halogens is 2. The van der Waals surface area contributed by atoms with Crippen LogP contribution in [0.1, 0.15) is 24.5 Å². The van der Waals surface area contributed by atoms with E-state index in [0.29, 0.717) is 12.2 Å². The van der Waals surface area contributed by atoms with Crippen molar-refractivity contribution in [3.8, 4) is 0 Å². The van der Waals surface area contributed by atoms with Crippen LogP contribution >= 0.6 is 0 Å². The summed E-state index contributed by atoms with van der Waals surface area (Å²) in [6, 6.07) is 10.2. The fourth-order valence-electron chi connectivity index (χ4n) is 2.14. The predicted octanol–water partition coefficient (Wildman–Crippen LogP) is 3.17. The number of nitrogens with one attached hydrogen (secondary N) is 2. The lowest BCUT2D eigenvalue weighted by Crippen LogP contribution is -2.18. The molecular formula is C18H18F2N2O2. The highest BCUT2D eigenvalue weighted by molar-refractivity contribution is 5.90. The Balaban J connectivity index is 1.85. The lowest BCUT2D eigenvalue weighted by atomic mass is 10.1. The molecule has 2 aromatic carbocycles. The molecule has 126 valence electrons. The second kappa shape index (κ2) is 8.19. The van der Waals surface area contributed by atoms with Crippen LogP contribution in [0.5, 0.6) is 0 Å². The normalized spacial score (nSPS) is 10.3. The summed E-state index contributed by atoms with van der Waals surface area (Å²) < 4.78 is 26.6. The fourth-order valence-corrected chi connectivity index (χ4v) is 2.14. The molecule has 0 saturated carbocycles. The molecule has 2 amide bonds. The van der Waals surface area contributed by atoms with Gasteiger partial charge in [0.05, 0.1) is 0 Å². The molecule has 0 saturated heterocycles. The van der Waals surface area contributed by atoms with Gasteiger partial charge in [0, 0.05) is 25.6 Å². The van der Waals surface area contributed by atoms with Crippen LogP contribution in [-0.4, -0.2) is 11.8 Å².